The summed E-state index contributed by atoms with van der Waals surface area (Å²) in [4.78, 5) is 33.1. The van der Waals surface area contributed by atoms with Gasteiger partial charge in [-0.2, -0.15) is 0 Å². The standard InChI is InChI=1S/C11H10Cl2N2O5/c1-19-9-6(12)2-5(3-7(9)13)10(17)20-4-8(16)15-11(14)18/h2-3H,4H2,1H3,(H3,14,15,16,18). The molecule has 1 aromatic rings. The molecule has 3 amide bonds. The van der Waals surface area contributed by atoms with Crippen molar-refractivity contribution in [3.05, 3.63) is 27.7 Å². The van der Waals surface area contributed by atoms with Crippen LogP contribution in [0.25, 0.3) is 0 Å². The minimum atomic E-state index is -1.04. The van der Waals surface area contributed by atoms with Crippen LogP contribution in [0.4, 0.5) is 4.79 Å². The zero-order chi connectivity index (χ0) is 15.3. The number of nitrogens with one attached hydrogen (secondary N) is 1. The van der Waals surface area contributed by atoms with Crippen molar-refractivity contribution < 1.29 is 23.9 Å². The monoisotopic (exact) mass is 320 g/mol. The van der Waals surface area contributed by atoms with Crippen LogP contribution >= 0.6 is 23.2 Å². The van der Waals surface area contributed by atoms with Crippen molar-refractivity contribution in [2.24, 2.45) is 5.73 Å². The minimum Gasteiger partial charge on any atom is -0.494 e. The van der Waals surface area contributed by atoms with E-state index < -0.39 is 24.5 Å². The number of hydrogen-bond donors (Lipinski definition) is 2. The maximum atomic E-state index is 11.7. The predicted octanol–water partition coefficient (Wildman–Crippen LogP) is 1.35. The summed E-state index contributed by atoms with van der Waals surface area (Å²) in [6.45, 7) is -0.664. The maximum absolute atomic E-state index is 11.7. The summed E-state index contributed by atoms with van der Waals surface area (Å²) in [5.74, 6) is -1.47. The molecule has 0 saturated carbocycles. The van der Waals surface area contributed by atoms with E-state index in [0.29, 0.717) is 0 Å². The van der Waals surface area contributed by atoms with Crippen LogP contribution in [-0.2, 0) is 9.53 Å². The van der Waals surface area contributed by atoms with Crippen LogP contribution in [0, 0.1) is 0 Å². The lowest BCUT2D eigenvalue weighted by molar-refractivity contribution is -0.123. The Morgan fingerprint density at radius 3 is 2.25 bits per heavy atom. The number of urea groups is 1. The highest BCUT2D eigenvalue weighted by molar-refractivity contribution is 6.37. The number of rotatable bonds is 4. The third kappa shape index (κ3) is 4.29. The van der Waals surface area contributed by atoms with Gasteiger partial charge in [0.2, 0.25) is 0 Å². The molecule has 0 saturated heterocycles. The summed E-state index contributed by atoms with van der Waals surface area (Å²) < 4.78 is 9.58. The Balaban J connectivity index is 2.74. The van der Waals surface area contributed by atoms with E-state index in [1.165, 1.54) is 19.2 Å². The fourth-order valence-electron chi connectivity index (χ4n) is 1.26. The van der Waals surface area contributed by atoms with Crippen LogP contribution in [0.2, 0.25) is 10.0 Å². The fraction of sp³-hybridized carbons (Fsp3) is 0.182. The number of methoxy groups -OCH3 is 1. The van der Waals surface area contributed by atoms with Crippen LogP contribution in [0.3, 0.4) is 0 Å². The normalized spacial score (nSPS) is 9.75. The minimum absolute atomic E-state index is 0.0349. The first-order valence-corrected chi connectivity index (χ1v) is 5.90. The summed E-state index contributed by atoms with van der Waals surface area (Å²) >= 11 is 11.7. The average molecular weight is 321 g/mol. The summed E-state index contributed by atoms with van der Waals surface area (Å²) in [5.41, 5.74) is 4.76. The lowest BCUT2D eigenvalue weighted by atomic mass is 10.2. The largest absolute Gasteiger partial charge is 0.494 e. The van der Waals surface area contributed by atoms with Crippen molar-refractivity contribution in [1.29, 1.82) is 0 Å². The van der Waals surface area contributed by atoms with Crippen molar-refractivity contribution >= 4 is 41.1 Å². The van der Waals surface area contributed by atoms with Crippen LogP contribution in [0.1, 0.15) is 10.4 Å². The van der Waals surface area contributed by atoms with Gasteiger partial charge >= 0.3 is 12.0 Å². The predicted molar refractivity (Wildman–Crippen MR) is 71.0 cm³/mol. The Morgan fingerprint density at radius 1 is 1.25 bits per heavy atom. The Bertz CT molecular complexity index is 539. The van der Waals surface area contributed by atoms with E-state index in [0.717, 1.165) is 0 Å². The molecule has 0 radical (unpaired) electrons. The smallest absolute Gasteiger partial charge is 0.338 e. The van der Waals surface area contributed by atoms with E-state index in [1.54, 1.807) is 5.32 Å². The molecule has 0 heterocycles. The van der Waals surface area contributed by atoms with Gasteiger partial charge in [0.1, 0.15) is 0 Å². The number of benzene rings is 1. The first-order valence-electron chi connectivity index (χ1n) is 5.14. The zero-order valence-electron chi connectivity index (χ0n) is 10.2. The molecule has 108 valence electrons. The van der Waals surface area contributed by atoms with Crippen molar-refractivity contribution in [3.8, 4) is 5.75 Å². The summed E-state index contributed by atoms with van der Waals surface area (Å²) in [7, 11) is 1.37. The van der Waals surface area contributed by atoms with E-state index in [9.17, 15) is 14.4 Å². The lowest BCUT2D eigenvalue weighted by Crippen LogP contribution is -2.37. The number of hydrogen-bond acceptors (Lipinski definition) is 5. The zero-order valence-corrected chi connectivity index (χ0v) is 11.7. The van der Waals surface area contributed by atoms with Gasteiger partial charge in [0.05, 0.1) is 22.7 Å². The molecule has 9 heteroatoms. The highest BCUT2D eigenvalue weighted by Gasteiger charge is 2.16. The number of halogens is 2. The second-order valence-electron chi connectivity index (χ2n) is 3.46. The van der Waals surface area contributed by atoms with Gasteiger partial charge in [0.25, 0.3) is 5.91 Å². The number of carbonyl (C=O) groups is 3. The fourth-order valence-corrected chi connectivity index (χ4v) is 1.90. The summed E-state index contributed by atoms with van der Waals surface area (Å²) in [6.07, 6.45) is 0. The first kappa shape index (κ1) is 16.1. The number of imide groups is 1. The van der Waals surface area contributed by atoms with E-state index in [2.05, 4.69) is 4.74 Å². The number of carbonyl (C=O) groups excluding carboxylic acids is 3. The molecular formula is C11H10Cl2N2O5. The third-order valence-corrected chi connectivity index (χ3v) is 2.60. The van der Waals surface area contributed by atoms with Crippen LogP contribution in [0.15, 0.2) is 12.1 Å². The molecule has 1 rings (SSSR count). The summed E-state index contributed by atoms with van der Waals surface area (Å²) in [6, 6.07) is 1.52. The molecule has 0 aliphatic rings. The van der Waals surface area contributed by atoms with Crippen molar-refractivity contribution in [2.75, 3.05) is 13.7 Å². The molecule has 0 spiro atoms. The number of nitrogens with two attached hydrogens (primary N) is 1. The van der Waals surface area contributed by atoms with Gasteiger partial charge in [-0.15, -0.1) is 0 Å². The quantitative estimate of drug-likeness (QED) is 0.814. The van der Waals surface area contributed by atoms with Gasteiger partial charge in [-0.25, -0.2) is 9.59 Å². The van der Waals surface area contributed by atoms with Crippen molar-refractivity contribution in [2.45, 2.75) is 0 Å². The number of esters is 1. The molecule has 7 nitrogen and oxygen atoms in total. The molecule has 3 N–H and O–H groups in total. The molecule has 0 aromatic heterocycles. The molecule has 0 aliphatic carbocycles. The van der Waals surface area contributed by atoms with Crippen LogP contribution < -0.4 is 15.8 Å². The Labute approximate surface area is 123 Å². The Kier molecular flexibility index (Phi) is 5.60. The highest BCUT2D eigenvalue weighted by atomic mass is 35.5. The molecule has 0 unspecified atom stereocenters. The van der Waals surface area contributed by atoms with Crippen molar-refractivity contribution in [3.63, 3.8) is 0 Å². The average Bonchev–Trinajstić information content (AvgIpc) is 2.34. The van der Waals surface area contributed by atoms with Gasteiger partial charge in [0.15, 0.2) is 12.4 Å². The van der Waals surface area contributed by atoms with E-state index >= 15 is 0 Å². The van der Waals surface area contributed by atoms with Crippen LogP contribution in [0.5, 0.6) is 5.75 Å². The highest BCUT2D eigenvalue weighted by Crippen LogP contribution is 2.33. The topological polar surface area (TPSA) is 108 Å². The molecule has 1 aromatic carbocycles. The maximum Gasteiger partial charge on any atom is 0.338 e. The van der Waals surface area contributed by atoms with Gasteiger partial charge in [-0.05, 0) is 12.1 Å². The van der Waals surface area contributed by atoms with Crippen LogP contribution in [-0.4, -0.2) is 31.6 Å². The van der Waals surface area contributed by atoms with E-state index in [1.807, 2.05) is 0 Å². The SMILES string of the molecule is COc1c(Cl)cc(C(=O)OCC(=O)NC(N)=O)cc1Cl. The molecule has 0 bridgehead atoms. The van der Waals surface area contributed by atoms with Gasteiger partial charge in [-0.1, -0.05) is 23.2 Å². The van der Waals surface area contributed by atoms with Gasteiger partial charge < -0.3 is 15.2 Å². The van der Waals surface area contributed by atoms with E-state index in [-0.39, 0.29) is 21.4 Å². The lowest BCUT2D eigenvalue weighted by Gasteiger charge is -2.08. The summed E-state index contributed by atoms with van der Waals surface area (Å²) in [5, 5.41) is 1.98. The first-order chi connectivity index (χ1) is 9.35. The van der Waals surface area contributed by atoms with E-state index in [4.69, 9.17) is 33.7 Å². The molecule has 0 atom stereocenters. The molecule has 20 heavy (non-hydrogen) atoms. The molecule has 0 aliphatic heterocycles. The van der Waals surface area contributed by atoms with Crippen molar-refractivity contribution in [1.82, 2.24) is 5.32 Å². The molecule has 0 fully saturated rings. The Morgan fingerprint density at radius 2 is 1.80 bits per heavy atom. The van der Waals surface area contributed by atoms with Gasteiger partial charge in [0, 0.05) is 0 Å². The second kappa shape index (κ2) is 6.97. The Hall–Kier alpha value is -1.99. The van der Waals surface area contributed by atoms with Gasteiger partial charge in [-0.3, -0.25) is 10.1 Å². The second-order valence-corrected chi connectivity index (χ2v) is 4.28. The number of primary amides is 1. The molecular weight excluding hydrogens is 311 g/mol. The third-order valence-electron chi connectivity index (χ3n) is 2.04. The number of amides is 3. The number of ether oxygens (including phenoxy) is 2.